The lowest BCUT2D eigenvalue weighted by atomic mass is 9.97. The van der Waals surface area contributed by atoms with Gasteiger partial charge in [-0.1, -0.05) is 44.2 Å². The molecule has 0 spiro atoms. The Kier molecular flexibility index (Phi) is 6.28. The molecule has 0 aliphatic heterocycles. The van der Waals surface area contributed by atoms with Crippen molar-refractivity contribution in [3.63, 3.8) is 0 Å². The number of H-pyrrole nitrogens is 1. The molecule has 2 aromatic carbocycles. The van der Waals surface area contributed by atoms with Gasteiger partial charge in [-0.15, -0.1) is 0 Å². The number of rotatable bonds is 5. The Balaban J connectivity index is 1.59. The highest BCUT2D eigenvalue weighted by Crippen LogP contribution is 2.32. The molecule has 12 heteroatoms. The fourth-order valence-corrected chi connectivity index (χ4v) is 4.70. The summed E-state index contributed by atoms with van der Waals surface area (Å²) in [7, 11) is 2.93. The van der Waals surface area contributed by atoms with Gasteiger partial charge in [-0.05, 0) is 29.2 Å². The Morgan fingerprint density at radius 3 is 2.41 bits per heavy atom. The maximum atomic E-state index is 15.1. The first-order chi connectivity index (χ1) is 18.4. The van der Waals surface area contributed by atoms with Gasteiger partial charge < -0.3 is 14.1 Å². The van der Waals surface area contributed by atoms with Crippen molar-refractivity contribution in [2.24, 2.45) is 14.1 Å². The second kappa shape index (κ2) is 9.37. The molecule has 0 amide bonds. The molecule has 0 aliphatic rings. The summed E-state index contributed by atoms with van der Waals surface area (Å²) < 4.78 is 58.4. The second-order valence-electron chi connectivity index (χ2n) is 9.67. The summed E-state index contributed by atoms with van der Waals surface area (Å²) in [4.78, 5) is 24.2. The lowest BCUT2D eigenvalue weighted by molar-refractivity contribution is -0.140. The molecule has 0 fully saturated rings. The molecule has 0 unspecified atom stereocenters. The van der Waals surface area contributed by atoms with Crippen LogP contribution in [-0.4, -0.2) is 28.7 Å². The zero-order valence-corrected chi connectivity index (χ0v) is 21.6. The molecule has 0 bridgehead atoms. The van der Waals surface area contributed by atoms with E-state index >= 15 is 4.39 Å². The SMILES string of the molecule is CC(C)c1ccccc1-c1nc2c(c(=O)[nH]1)n(C)c(=N)n2Cc1ccc(-c2nc(C(F)(F)F)cn2C)c(F)c1. The molecule has 202 valence electrons. The number of fused-ring (bicyclic) bond motifs is 1. The second-order valence-corrected chi connectivity index (χ2v) is 9.67. The number of nitrogens with zero attached hydrogens (tertiary/aromatic N) is 5. The fraction of sp³-hybridized carbons (Fsp3) is 0.259. The van der Waals surface area contributed by atoms with Crippen LogP contribution in [0.2, 0.25) is 0 Å². The van der Waals surface area contributed by atoms with Crippen LogP contribution in [0, 0.1) is 11.2 Å². The molecular formula is C27H25F4N7O. The van der Waals surface area contributed by atoms with Crippen LogP contribution in [0.3, 0.4) is 0 Å². The normalized spacial score (nSPS) is 12.1. The Labute approximate surface area is 219 Å². The Morgan fingerprint density at radius 2 is 1.77 bits per heavy atom. The van der Waals surface area contributed by atoms with Crippen LogP contribution in [0.25, 0.3) is 33.9 Å². The lowest BCUT2D eigenvalue weighted by Gasteiger charge is -2.12. The highest BCUT2D eigenvalue weighted by Gasteiger charge is 2.35. The molecule has 0 saturated heterocycles. The van der Waals surface area contributed by atoms with Gasteiger partial charge >= 0.3 is 6.18 Å². The Hall–Kier alpha value is -4.48. The molecular weight excluding hydrogens is 514 g/mol. The van der Waals surface area contributed by atoms with Gasteiger partial charge in [0.25, 0.3) is 5.56 Å². The van der Waals surface area contributed by atoms with Gasteiger partial charge in [0.2, 0.25) is 5.62 Å². The van der Waals surface area contributed by atoms with E-state index in [1.165, 1.54) is 28.3 Å². The van der Waals surface area contributed by atoms with Crippen molar-refractivity contribution in [1.29, 1.82) is 5.41 Å². The van der Waals surface area contributed by atoms with Crippen molar-refractivity contribution >= 4 is 11.2 Å². The molecule has 0 saturated carbocycles. The molecule has 0 aliphatic carbocycles. The summed E-state index contributed by atoms with van der Waals surface area (Å²) in [5, 5.41) is 8.59. The van der Waals surface area contributed by atoms with Gasteiger partial charge in [-0.25, -0.2) is 14.4 Å². The third kappa shape index (κ3) is 4.55. The van der Waals surface area contributed by atoms with Crippen LogP contribution in [0.4, 0.5) is 17.6 Å². The summed E-state index contributed by atoms with van der Waals surface area (Å²) in [5.74, 6) is -0.399. The van der Waals surface area contributed by atoms with Gasteiger partial charge in [0.15, 0.2) is 16.9 Å². The first-order valence-electron chi connectivity index (χ1n) is 12.1. The molecule has 0 atom stereocenters. The molecule has 39 heavy (non-hydrogen) atoms. The molecule has 0 radical (unpaired) electrons. The third-order valence-electron chi connectivity index (χ3n) is 6.66. The van der Waals surface area contributed by atoms with E-state index in [-0.39, 0.29) is 40.6 Å². The van der Waals surface area contributed by atoms with Crippen molar-refractivity contribution < 1.29 is 17.6 Å². The smallest absolute Gasteiger partial charge is 0.333 e. The topological polar surface area (TPSA) is 97.3 Å². The molecule has 3 aromatic heterocycles. The molecule has 2 N–H and O–H groups in total. The van der Waals surface area contributed by atoms with E-state index in [1.807, 2.05) is 38.1 Å². The van der Waals surface area contributed by atoms with Crippen molar-refractivity contribution in [3.05, 3.63) is 87.3 Å². The van der Waals surface area contributed by atoms with E-state index in [1.54, 1.807) is 13.1 Å². The quantitative estimate of drug-likeness (QED) is 0.310. The maximum Gasteiger partial charge on any atom is 0.434 e. The van der Waals surface area contributed by atoms with Crippen LogP contribution in [0.15, 0.2) is 53.5 Å². The van der Waals surface area contributed by atoms with Gasteiger partial charge in [0.1, 0.15) is 17.5 Å². The van der Waals surface area contributed by atoms with E-state index in [0.29, 0.717) is 11.4 Å². The van der Waals surface area contributed by atoms with E-state index in [9.17, 15) is 18.0 Å². The van der Waals surface area contributed by atoms with E-state index in [2.05, 4.69) is 9.97 Å². The number of imidazole rings is 2. The number of alkyl halides is 3. The largest absolute Gasteiger partial charge is 0.434 e. The molecule has 5 aromatic rings. The first kappa shape index (κ1) is 26.1. The summed E-state index contributed by atoms with van der Waals surface area (Å²) in [6, 6.07) is 11.7. The van der Waals surface area contributed by atoms with Crippen molar-refractivity contribution in [3.8, 4) is 22.8 Å². The van der Waals surface area contributed by atoms with E-state index < -0.39 is 23.2 Å². The fourth-order valence-electron chi connectivity index (χ4n) is 4.70. The average molecular weight is 540 g/mol. The molecule has 3 heterocycles. The van der Waals surface area contributed by atoms with Crippen LogP contribution in [-0.2, 0) is 26.8 Å². The predicted octanol–water partition coefficient (Wildman–Crippen LogP) is 4.94. The minimum atomic E-state index is -4.65. The monoisotopic (exact) mass is 539 g/mol. The van der Waals surface area contributed by atoms with Crippen LogP contribution in [0.5, 0.6) is 0 Å². The number of aromatic nitrogens is 6. The highest BCUT2D eigenvalue weighted by atomic mass is 19.4. The van der Waals surface area contributed by atoms with E-state index in [0.717, 1.165) is 21.9 Å². The minimum Gasteiger partial charge on any atom is -0.333 e. The number of nitrogens with one attached hydrogen (secondary N) is 2. The van der Waals surface area contributed by atoms with Gasteiger partial charge in [0, 0.05) is 25.9 Å². The maximum absolute atomic E-state index is 15.1. The molecule has 8 nitrogen and oxygen atoms in total. The first-order valence-corrected chi connectivity index (χ1v) is 12.1. The van der Waals surface area contributed by atoms with Crippen molar-refractivity contribution in [1.82, 2.24) is 28.7 Å². The van der Waals surface area contributed by atoms with Gasteiger partial charge in [0.05, 0.1) is 12.1 Å². The van der Waals surface area contributed by atoms with Crippen LogP contribution >= 0.6 is 0 Å². The number of aryl methyl sites for hydroxylation is 2. The lowest BCUT2D eigenvalue weighted by Crippen LogP contribution is -2.23. The van der Waals surface area contributed by atoms with Gasteiger partial charge in [-0.3, -0.25) is 14.8 Å². The van der Waals surface area contributed by atoms with Gasteiger partial charge in [-0.2, -0.15) is 13.2 Å². The van der Waals surface area contributed by atoms with Crippen LogP contribution in [0.1, 0.15) is 36.6 Å². The summed E-state index contributed by atoms with van der Waals surface area (Å²) in [6.45, 7) is 4.07. The molecule has 5 rings (SSSR count). The van der Waals surface area contributed by atoms with Crippen molar-refractivity contribution in [2.75, 3.05) is 0 Å². The van der Waals surface area contributed by atoms with Crippen LogP contribution < -0.4 is 11.2 Å². The third-order valence-corrected chi connectivity index (χ3v) is 6.66. The summed E-state index contributed by atoms with van der Waals surface area (Å²) in [6.07, 6.45) is -3.85. The average Bonchev–Trinajstić information content (AvgIpc) is 3.37. The number of benzene rings is 2. The number of halogens is 4. The number of hydrogen-bond donors (Lipinski definition) is 2. The number of hydrogen-bond acceptors (Lipinski definition) is 4. The summed E-state index contributed by atoms with van der Waals surface area (Å²) in [5.41, 5.74) is 0.984. The standard InChI is InChI=1S/C27H25F4N7O/c1-14(2)16-7-5-6-8-17(16)22-34-24-21(25(39)35-22)37(4)26(32)38(24)12-15-9-10-18(19(28)11-15)23-33-20(13-36(23)3)27(29,30)31/h5-11,13-14,32H,12H2,1-4H3,(H,34,35,39). The Morgan fingerprint density at radius 1 is 1.05 bits per heavy atom. The zero-order valence-electron chi connectivity index (χ0n) is 21.6. The van der Waals surface area contributed by atoms with Crippen molar-refractivity contribution in [2.45, 2.75) is 32.5 Å². The van der Waals surface area contributed by atoms with E-state index in [4.69, 9.17) is 10.4 Å². The summed E-state index contributed by atoms with van der Waals surface area (Å²) >= 11 is 0. The number of aromatic amines is 1. The highest BCUT2D eigenvalue weighted by molar-refractivity contribution is 5.74. The predicted molar refractivity (Wildman–Crippen MR) is 137 cm³/mol. The Bertz CT molecular complexity index is 1840. The minimum absolute atomic E-state index is 0.00343. The zero-order chi connectivity index (χ0) is 28.2.